The van der Waals surface area contributed by atoms with Gasteiger partial charge in [-0.25, -0.2) is 8.78 Å². The van der Waals surface area contributed by atoms with Crippen LogP contribution in [0.4, 0.5) is 8.78 Å². The van der Waals surface area contributed by atoms with Crippen LogP contribution in [0.2, 0.25) is 0 Å². The lowest BCUT2D eigenvalue weighted by Gasteiger charge is -2.42. The van der Waals surface area contributed by atoms with Crippen LogP contribution in [0.5, 0.6) is 0 Å². The summed E-state index contributed by atoms with van der Waals surface area (Å²) in [6, 6.07) is 4.09. The Kier molecular flexibility index (Phi) is 3.97. The number of benzene rings is 1. The fraction of sp³-hybridized carbons (Fsp3) is 0.571. The first kappa shape index (κ1) is 13.4. The molecule has 1 atom stereocenters. The molecule has 2 nitrogen and oxygen atoms in total. The first-order valence-electron chi connectivity index (χ1n) is 6.28. The summed E-state index contributed by atoms with van der Waals surface area (Å²) < 4.78 is 32.6. The van der Waals surface area contributed by atoms with Gasteiger partial charge in [-0.15, -0.1) is 0 Å². The number of halogens is 2. The summed E-state index contributed by atoms with van der Waals surface area (Å²) in [6.07, 6.45) is 3.77. The van der Waals surface area contributed by atoms with Crippen LogP contribution in [0, 0.1) is 11.6 Å². The Labute approximate surface area is 106 Å². The highest BCUT2D eigenvalue weighted by Gasteiger charge is 2.39. The third kappa shape index (κ3) is 2.40. The number of methoxy groups -OCH3 is 1. The second-order valence-corrected chi connectivity index (χ2v) is 4.93. The van der Waals surface area contributed by atoms with Gasteiger partial charge in [0.1, 0.15) is 0 Å². The van der Waals surface area contributed by atoms with E-state index >= 15 is 0 Å². The molecule has 1 N–H and O–H groups in total. The molecule has 1 aromatic carbocycles. The minimum Gasteiger partial charge on any atom is -0.378 e. The molecule has 0 bridgehead atoms. The molecule has 18 heavy (non-hydrogen) atoms. The lowest BCUT2D eigenvalue weighted by molar-refractivity contribution is -0.0836. The second-order valence-electron chi connectivity index (χ2n) is 4.93. The predicted molar refractivity (Wildman–Crippen MR) is 66.4 cm³/mol. The molecule has 0 aliphatic heterocycles. The molecule has 0 amide bonds. The molecule has 0 aromatic heterocycles. The Morgan fingerprint density at radius 3 is 2.61 bits per heavy atom. The van der Waals surface area contributed by atoms with Gasteiger partial charge in [0.15, 0.2) is 11.6 Å². The zero-order valence-corrected chi connectivity index (χ0v) is 10.8. The van der Waals surface area contributed by atoms with Crippen LogP contribution < -0.4 is 5.32 Å². The van der Waals surface area contributed by atoms with Crippen LogP contribution in [-0.4, -0.2) is 19.8 Å². The number of rotatable bonds is 5. The zero-order chi connectivity index (χ0) is 13.2. The standard InChI is InChI=1S/C14H19F2NO/c1-17-12(9-14(18-2)7-4-8-14)10-5-3-6-11(15)13(10)16/h3,5-6,12,17H,4,7-9H2,1-2H3. The topological polar surface area (TPSA) is 21.3 Å². The first-order chi connectivity index (χ1) is 8.62. The molecule has 2 rings (SSSR count). The number of nitrogens with one attached hydrogen (secondary N) is 1. The van der Waals surface area contributed by atoms with Crippen molar-refractivity contribution < 1.29 is 13.5 Å². The smallest absolute Gasteiger partial charge is 0.163 e. The summed E-state index contributed by atoms with van der Waals surface area (Å²) in [6.45, 7) is 0. The minimum atomic E-state index is -0.798. The fourth-order valence-corrected chi connectivity index (χ4v) is 2.59. The van der Waals surface area contributed by atoms with E-state index in [0.717, 1.165) is 25.3 Å². The van der Waals surface area contributed by atoms with Crippen molar-refractivity contribution in [1.29, 1.82) is 0 Å². The lowest BCUT2D eigenvalue weighted by atomic mass is 9.74. The predicted octanol–water partition coefficient (Wildman–Crippen LogP) is 3.18. The van der Waals surface area contributed by atoms with Crippen molar-refractivity contribution in [2.75, 3.05) is 14.2 Å². The monoisotopic (exact) mass is 255 g/mol. The van der Waals surface area contributed by atoms with E-state index in [1.165, 1.54) is 0 Å². The highest BCUT2D eigenvalue weighted by atomic mass is 19.2. The van der Waals surface area contributed by atoms with Crippen LogP contribution in [-0.2, 0) is 4.74 Å². The number of hydrogen-bond donors (Lipinski definition) is 1. The van der Waals surface area contributed by atoms with Gasteiger partial charge < -0.3 is 10.1 Å². The van der Waals surface area contributed by atoms with Crippen molar-refractivity contribution in [3.63, 3.8) is 0 Å². The molecule has 0 heterocycles. The van der Waals surface area contributed by atoms with E-state index in [1.807, 2.05) is 0 Å². The zero-order valence-electron chi connectivity index (χ0n) is 10.8. The van der Waals surface area contributed by atoms with Crippen molar-refractivity contribution in [2.24, 2.45) is 0 Å². The van der Waals surface area contributed by atoms with Crippen molar-refractivity contribution in [1.82, 2.24) is 5.32 Å². The van der Waals surface area contributed by atoms with E-state index in [1.54, 1.807) is 26.3 Å². The fourth-order valence-electron chi connectivity index (χ4n) is 2.59. The highest BCUT2D eigenvalue weighted by molar-refractivity contribution is 5.23. The average molecular weight is 255 g/mol. The highest BCUT2D eigenvalue weighted by Crippen LogP contribution is 2.42. The van der Waals surface area contributed by atoms with Crippen LogP contribution in [0.25, 0.3) is 0 Å². The summed E-state index contributed by atoms with van der Waals surface area (Å²) in [5.74, 6) is -1.56. The summed E-state index contributed by atoms with van der Waals surface area (Å²) in [4.78, 5) is 0. The quantitative estimate of drug-likeness (QED) is 0.872. The minimum absolute atomic E-state index is 0.174. The van der Waals surface area contributed by atoms with Gasteiger partial charge in [0.05, 0.1) is 5.60 Å². The van der Waals surface area contributed by atoms with E-state index < -0.39 is 11.6 Å². The maximum atomic E-state index is 13.8. The van der Waals surface area contributed by atoms with Crippen LogP contribution >= 0.6 is 0 Å². The van der Waals surface area contributed by atoms with Gasteiger partial charge in [-0.1, -0.05) is 12.1 Å². The summed E-state index contributed by atoms with van der Waals surface area (Å²) in [7, 11) is 3.45. The lowest BCUT2D eigenvalue weighted by Crippen LogP contribution is -2.42. The SMILES string of the molecule is CNC(CC1(OC)CCC1)c1cccc(F)c1F. The number of hydrogen-bond acceptors (Lipinski definition) is 2. The molecule has 0 saturated heterocycles. The van der Waals surface area contributed by atoms with Crippen molar-refractivity contribution >= 4 is 0 Å². The van der Waals surface area contributed by atoms with Gasteiger partial charge in [0, 0.05) is 18.7 Å². The van der Waals surface area contributed by atoms with Gasteiger partial charge in [0.2, 0.25) is 0 Å². The van der Waals surface area contributed by atoms with E-state index in [-0.39, 0.29) is 11.6 Å². The van der Waals surface area contributed by atoms with Crippen LogP contribution in [0.3, 0.4) is 0 Å². The number of ether oxygens (including phenoxy) is 1. The molecular weight excluding hydrogens is 236 g/mol. The first-order valence-corrected chi connectivity index (χ1v) is 6.28. The van der Waals surface area contributed by atoms with Gasteiger partial charge in [-0.05, 0) is 38.8 Å². The van der Waals surface area contributed by atoms with Gasteiger partial charge >= 0.3 is 0 Å². The largest absolute Gasteiger partial charge is 0.378 e. The van der Waals surface area contributed by atoms with E-state index in [9.17, 15) is 8.78 Å². The van der Waals surface area contributed by atoms with Gasteiger partial charge in [-0.2, -0.15) is 0 Å². The summed E-state index contributed by atoms with van der Waals surface area (Å²) in [5, 5.41) is 3.06. The van der Waals surface area contributed by atoms with Crippen molar-refractivity contribution in [3.8, 4) is 0 Å². The molecule has 4 heteroatoms. The molecule has 1 aliphatic carbocycles. The van der Waals surface area contributed by atoms with Gasteiger partial charge in [-0.3, -0.25) is 0 Å². The third-order valence-electron chi connectivity index (χ3n) is 3.98. The van der Waals surface area contributed by atoms with Crippen molar-refractivity contribution in [2.45, 2.75) is 37.3 Å². The van der Waals surface area contributed by atoms with E-state index in [4.69, 9.17) is 4.74 Å². The normalized spacial score (nSPS) is 19.3. The Morgan fingerprint density at radius 2 is 2.11 bits per heavy atom. The molecule has 1 fully saturated rings. The van der Waals surface area contributed by atoms with Crippen LogP contribution in [0.1, 0.15) is 37.3 Å². The Bertz CT molecular complexity index is 413. The van der Waals surface area contributed by atoms with E-state index in [0.29, 0.717) is 12.0 Å². The molecule has 1 aliphatic rings. The van der Waals surface area contributed by atoms with Gasteiger partial charge in [0.25, 0.3) is 0 Å². The Hall–Kier alpha value is -1.00. The Balaban J connectivity index is 2.20. The summed E-state index contributed by atoms with van der Waals surface area (Å²) >= 11 is 0. The molecule has 1 unspecified atom stereocenters. The average Bonchev–Trinajstić information content (AvgIpc) is 2.33. The Morgan fingerprint density at radius 1 is 1.39 bits per heavy atom. The van der Waals surface area contributed by atoms with Crippen LogP contribution in [0.15, 0.2) is 18.2 Å². The molecular formula is C14H19F2NO. The van der Waals surface area contributed by atoms with E-state index in [2.05, 4.69) is 5.32 Å². The second kappa shape index (κ2) is 5.33. The molecule has 100 valence electrons. The maximum Gasteiger partial charge on any atom is 0.163 e. The third-order valence-corrected chi connectivity index (χ3v) is 3.98. The van der Waals surface area contributed by atoms with Crippen molar-refractivity contribution in [3.05, 3.63) is 35.4 Å². The molecule has 0 radical (unpaired) electrons. The maximum absolute atomic E-state index is 13.8. The molecule has 1 aromatic rings. The molecule has 1 saturated carbocycles. The summed E-state index contributed by atoms with van der Waals surface area (Å²) in [5.41, 5.74) is 0.202. The molecule has 0 spiro atoms.